The Labute approximate surface area is 170 Å². The van der Waals surface area contributed by atoms with E-state index in [9.17, 15) is 14.0 Å². The van der Waals surface area contributed by atoms with Gasteiger partial charge in [-0.3, -0.25) is 14.5 Å². The lowest BCUT2D eigenvalue weighted by atomic mass is 9.89. The van der Waals surface area contributed by atoms with Crippen molar-refractivity contribution in [2.24, 2.45) is 11.7 Å². The van der Waals surface area contributed by atoms with Gasteiger partial charge >= 0.3 is 0 Å². The summed E-state index contributed by atoms with van der Waals surface area (Å²) in [4.78, 5) is 28.5. The normalized spacial score (nSPS) is 21.2. The van der Waals surface area contributed by atoms with Crippen molar-refractivity contribution in [1.82, 2.24) is 4.90 Å². The van der Waals surface area contributed by atoms with Gasteiger partial charge in [0, 0.05) is 31.4 Å². The molecule has 1 atom stereocenters. The molecule has 1 aromatic carbocycles. The summed E-state index contributed by atoms with van der Waals surface area (Å²) in [6.45, 7) is 1.78. The lowest BCUT2D eigenvalue weighted by molar-refractivity contribution is -0.126. The molecule has 0 aromatic heterocycles. The summed E-state index contributed by atoms with van der Waals surface area (Å²) in [5.41, 5.74) is 6.55. The quantitative estimate of drug-likeness (QED) is 0.689. The van der Waals surface area contributed by atoms with E-state index in [1.165, 1.54) is 36.3 Å². The molecule has 0 radical (unpaired) electrons. The van der Waals surface area contributed by atoms with Crippen molar-refractivity contribution in [2.45, 2.75) is 44.2 Å². The van der Waals surface area contributed by atoms with Crippen LogP contribution >= 0.6 is 0 Å². The van der Waals surface area contributed by atoms with Crippen molar-refractivity contribution in [3.8, 4) is 0 Å². The van der Waals surface area contributed by atoms with Gasteiger partial charge in [0.1, 0.15) is 18.5 Å². The Morgan fingerprint density at radius 2 is 2.14 bits per heavy atom. The van der Waals surface area contributed by atoms with Crippen LogP contribution in [0.1, 0.15) is 32.1 Å². The number of morpholine rings is 1. The van der Waals surface area contributed by atoms with E-state index < -0.39 is 11.9 Å². The molecule has 158 valence electrons. The van der Waals surface area contributed by atoms with Gasteiger partial charge in [0.2, 0.25) is 5.91 Å². The maximum Gasteiger partial charge on any atom is 0.253 e. The molecule has 1 heterocycles. The molecule has 0 spiro atoms. The highest BCUT2D eigenvalue weighted by Gasteiger charge is 2.37. The minimum absolute atomic E-state index is 0.0475. The molecule has 2 amide bonds. The number of rotatable bonds is 8. The van der Waals surface area contributed by atoms with Crippen LogP contribution in [-0.2, 0) is 14.3 Å². The number of carbonyl (C=O) groups is 2. The molecular weight excluding hydrogens is 375 g/mol. The van der Waals surface area contributed by atoms with Crippen molar-refractivity contribution >= 4 is 23.2 Å². The molecule has 3 fully saturated rings. The second-order valence-electron chi connectivity index (χ2n) is 8.23. The Kier molecular flexibility index (Phi) is 6.12. The highest BCUT2D eigenvalue weighted by atomic mass is 19.1. The first kappa shape index (κ1) is 20.3. The van der Waals surface area contributed by atoms with Crippen molar-refractivity contribution in [1.29, 1.82) is 0 Å². The van der Waals surface area contributed by atoms with Gasteiger partial charge in [-0.15, -0.1) is 0 Å². The highest BCUT2D eigenvalue weighted by molar-refractivity contribution is 5.97. The first-order valence-corrected chi connectivity index (χ1v) is 10.5. The fourth-order valence-electron chi connectivity index (χ4n) is 4.04. The molecule has 0 bridgehead atoms. The van der Waals surface area contributed by atoms with E-state index in [2.05, 4.69) is 10.2 Å². The minimum atomic E-state index is -0.545. The fourth-order valence-corrected chi connectivity index (χ4v) is 4.04. The smallest absolute Gasteiger partial charge is 0.253 e. The SMILES string of the molecule is NC[C@H](C(=O)Nc1ccc(N2CCOCC2=O)c(F)c1)N(CC1CC1)C1CCC1. The van der Waals surface area contributed by atoms with Crippen molar-refractivity contribution < 1.29 is 18.7 Å². The first-order chi connectivity index (χ1) is 14.1. The first-order valence-electron chi connectivity index (χ1n) is 10.5. The second kappa shape index (κ2) is 8.77. The molecule has 1 aromatic rings. The molecule has 1 aliphatic heterocycles. The summed E-state index contributed by atoms with van der Waals surface area (Å²) in [5.74, 6) is -0.350. The van der Waals surface area contributed by atoms with Crippen LogP contribution in [0.25, 0.3) is 0 Å². The van der Waals surface area contributed by atoms with E-state index in [1.54, 1.807) is 6.07 Å². The Bertz CT molecular complexity index is 766. The standard InChI is InChI=1S/C21H29FN4O3/c22-17-10-15(6-7-18(17)25-8-9-29-13-20(25)27)24-21(28)19(11-23)26(12-14-4-5-14)16-2-1-3-16/h6-7,10,14,16,19H,1-5,8-9,11-13,23H2,(H,24,28)/t19-/m1/s1. The third-order valence-electron chi connectivity index (χ3n) is 6.13. The zero-order chi connectivity index (χ0) is 20.4. The number of ether oxygens (including phenoxy) is 1. The molecular formula is C21H29FN4O3. The van der Waals surface area contributed by atoms with Gasteiger partial charge in [-0.05, 0) is 49.8 Å². The van der Waals surface area contributed by atoms with Crippen LogP contribution in [0.5, 0.6) is 0 Å². The topological polar surface area (TPSA) is 87.9 Å². The number of nitrogens with zero attached hydrogens (tertiary/aromatic N) is 2. The van der Waals surface area contributed by atoms with Crippen LogP contribution in [0.4, 0.5) is 15.8 Å². The average molecular weight is 404 g/mol. The largest absolute Gasteiger partial charge is 0.370 e. The molecule has 8 heteroatoms. The zero-order valence-electron chi connectivity index (χ0n) is 16.6. The minimum Gasteiger partial charge on any atom is -0.370 e. The van der Waals surface area contributed by atoms with Crippen LogP contribution in [0, 0.1) is 11.7 Å². The van der Waals surface area contributed by atoms with E-state index in [-0.39, 0.29) is 30.7 Å². The van der Waals surface area contributed by atoms with Crippen LogP contribution in [-0.4, -0.2) is 61.6 Å². The van der Waals surface area contributed by atoms with Crippen molar-refractivity contribution in [2.75, 3.05) is 43.1 Å². The van der Waals surface area contributed by atoms with Crippen LogP contribution < -0.4 is 16.0 Å². The van der Waals surface area contributed by atoms with Crippen LogP contribution in [0.15, 0.2) is 18.2 Å². The third-order valence-corrected chi connectivity index (χ3v) is 6.13. The summed E-state index contributed by atoms with van der Waals surface area (Å²) in [6.07, 6.45) is 5.84. The van der Waals surface area contributed by atoms with E-state index >= 15 is 0 Å². The Morgan fingerprint density at radius 3 is 2.72 bits per heavy atom. The predicted octanol–water partition coefficient (Wildman–Crippen LogP) is 1.72. The number of anilines is 2. The molecule has 3 aliphatic rings. The van der Waals surface area contributed by atoms with E-state index in [4.69, 9.17) is 10.5 Å². The summed E-state index contributed by atoms with van der Waals surface area (Å²) in [6, 6.07) is 4.42. The Balaban J connectivity index is 1.44. The lowest BCUT2D eigenvalue weighted by Crippen LogP contribution is -2.55. The number of hydrogen-bond acceptors (Lipinski definition) is 5. The Morgan fingerprint density at radius 1 is 1.34 bits per heavy atom. The van der Waals surface area contributed by atoms with E-state index in [0.717, 1.165) is 19.4 Å². The van der Waals surface area contributed by atoms with Gasteiger partial charge in [-0.2, -0.15) is 0 Å². The van der Waals surface area contributed by atoms with Crippen LogP contribution in [0.2, 0.25) is 0 Å². The van der Waals surface area contributed by atoms with E-state index in [0.29, 0.717) is 30.8 Å². The number of amides is 2. The monoisotopic (exact) mass is 404 g/mol. The number of carbonyl (C=O) groups excluding carboxylic acids is 2. The van der Waals surface area contributed by atoms with Gasteiger partial charge in [-0.25, -0.2) is 4.39 Å². The van der Waals surface area contributed by atoms with Gasteiger partial charge < -0.3 is 20.7 Å². The summed E-state index contributed by atoms with van der Waals surface area (Å²) >= 11 is 0. The number of nitrogens with two attached hydrogens (primary N) is 1. The fraction of sp³-hybridized carbons (Fsp3) is 0.619. The number of hydrogen-bond donors (Lipinski definition) is 2. The maximum atomic E-state index is 14.7. The van der Waals surface area contributed by atoms with Crippen molar-refractivity contribution in [3.05, 3.63) is 24.0 Å². The summed E-state index contributed by atoms with van der Waals surface area (Å²) < 4.78 is 19.7. The van der Waals surface area contributed by atoms with Gasteiger partial charge in [0.15, 0.2) is 0 Å². The number of benzene rings is 1. The lowest BCUT2D eigenvalue weighted by Gasteiger charge is -2.41. The maximum absolute atomic E-state index is 14.7. The van der Waals surface area contributed by atoms with Gasteiger partial charge in [0.05, 0.1) is 12.3 Å². The molecule has 2 saturated carbocycles. The Hall–Kier alpha value is -2.03. The molecule has 0 unspecified atom stereocenters. The molecule has 3 N–H and O–H groups in total. The number of nitrogens with one attached hydrogen (secondary N) is 1. The van der Waals surface area contributed by atoms with E-state index in [1.807, 2.05) is 0 Å². The third kappa shape index (κ3) is 4.60. The van der Waals surface area contributed by atoms with Crippen LogP contribution in [0.3, 0.4) is 0 Å². The van der Waals surface area contributed by atoms with Gasteiger partial charge in [0.25, 0.3) is 5.91 Å². The summed E-state index contributed by atoms with van der Waals surface area (Å²) in [7, 11) is 0. The second-order valence-corrected chi connectivity index (χ2v) is 8.23. The molecule has 4 rings (SSSR count). The molecule has 7 nitrogen and oxygen atoms in total. The molecule has 2 aliphatic carbocycles. The average Bonchev–Trinajstić information content (AvgIpc) is 3.46. The van der Waals surface area contributed by atoms with Gasteiger partial charge in [-0.1, -0.05) is 6.42 Å². The summed E-state index contributed by atoms with van der Waals surface area (Å²) in [5, 5.41) is 2.82. The molecule has 29 heavy (non-hydrogen) atoms. The predicted molar refractivity (Wildman–Crippen MR) is 108 cm³/mol. The number of halogens is 1. The highest BCUT2D eigenvalue weighted by Crippen LogP contribution is 2.35. The zero-order valence-corrected chi connectivity index (χ0v) is 16.6. The molecule has 1 saturated heterocycles. The van der Waals surface area contributed by atoms with Crippen molar-refractivity contribution in [3.63, 3.8) is 0 Å².